The van der Waals surface area contributed by atoms with Crippen LogP contribution >= 0.6 is 11.6 Å². The molecule has 8 heteroatoms. The van der Waals surface area contributed by atoms with Crippen LogP contribution in [0, 0.1) is 5.82 Å². The van der Waals surface area contributed by atoms with E-state index in [1.807, 2.05) is 30.3 Å². The summed E-state index contributed by atoms with van der Waals surface area (Å²) in [6.07, 6.45) is 5.18. The van der Waals surface area contributed by atoms with Gasteiger partial charge in [0.25, 0.3) is 5.91 Å². The van der Waals surface area contributed by atoms with Crippen LogP contribution in [0.25, 0.3) is 5.57 Å². The Morgan fingerprint density at radius 3 is 2.58 bits per heavy atom. The third kappa shape index (κ3) is 4.40. The first-order valence-corrected chi connectivity index (χ1v) is 11.8. The molecule has 0 unspecified atom stereocenters. The Morgan fingerprint density at radius 2 is 1.89 bits per heavy atom. The van der Waals surface area contributed by atoms with Crippen LogP contribution < -0.4 is 10.2 Å². The molecule has 0 saturated heterocycles. The largest absolute Gasteiger partial charge is 0.483 e. The van der Waals surface area contributed by atoms with Crippen molar-refractivity contribution < 1.29 is 19.0 Å². The van der Waals surface area contributed by atoms with Gasteiger partial charge in [-0.2, -0.15) is 0 Å². The Balaban J connectivity index is 1.60. The molecule has 3 aromatic rings. The summed E-state index contributed by atoms with van der Waals surface area (Å²) in [5, 5.41) is 10.2. The Hall–Kier alpha value is -3.90. The van der Waals surface area contributed by atoms with E-state index in [1.54, 1.807) is 33.8 Å². The molecule has 0 spiro atoms. The van der Waals surface area contributed by atoms with Crippen molar-refractivity contribution in [3.63, 3.8) is 0 Å². The molecular formula is C28H22ClFN2O4. The number of halogens is 2. The number of ether oxygens (including phenoxy) is 1. The van der Waals surface area contributed by atoms with Crippen molar-refractivity contribution >= 4 is 23.1 Å². The lowest BCUT2D eigenvalue weighted by Crippen LogP contribution is -2.43. The standard InChI is InChI=1S/C28H22ClFN2O4/c29-21-14-19(10-11-22(21)30)15-31-12-13-32-23(16-33)24(20-8-4-5-9-20)26(34)27(25(32)28(31)35)36-17-18-6-2-1-3-7-18/h1-8,10-11,14,33H,12-13,15-17H2. The molecule has 0 radical (unpaired) electrons. The molecule has 2 aromatic carbocycles. The highest BCUT2D eigenvalue weighted by atomic mass is 35.5. The smallest absolute Gasteiger partial charge is 0.274 e. The van der Waals surface area contributed by atoms with Crippen LogP contribution in [0.1, 0.15) is 32.9 Å². The minimum atomic E-state index is -0.539. The summed E-state index contributed by atoms with van der Waals surface area (Å²) in [6, 6.07) is 13.6. The van der Waals surface area contributed by atoms with Gasteiger partial charge < -0.3 is 19.3 Å². The van der Waals surface area contributed by atoms with Gasteiger partial charge in [0.2, 0.25) is 5.43 Å². The minimum absolute atomic E-state index is 0.0291. The highest BCUT2D eigenvalue weighted by molar-refractivity contribution is 6.30. The zero-order valence-corrected chi connectivity index (χ0v) is 20.0. The van der Waals surface area contributed by atoms with Crippen molar-refractivity contribution in [3.05, 3.63) is 122 Å². The molecule has 182 valence electrons. The summed E-state index contributed by atoms with van der Waals surface area (Å²) < 4.78 is 21.3. The van der Waals surface area contributed by atoms with E-state index in [0.717, 1.165) is 5.56 Å². The SMILES string of the molecule is O=C1c2c(OCc3ccccc3)c(=O)c(C3=C=CC=C3)c(CO)n2CCN1Cc1ccc(F)c(Cl)c1. The molecule has 1 aliphatic heterocycles. The van der Waals surface area contributed by atoms with Crippen LogP contribution in [0.2, 0.25) is 5.02 Å². The van der Waals surface area contributed by atoms with Crippen LogP contribution in [-0.2, 0) is 26.3 Å². The number of aliphatic hydroxyl groups is 1. The molecule has 5 rings (SSSR count). The van der Waals surface area contributed by atoms with Gasteiger partial charge in [-0.05, 0) is 35.4 Å². The van der Waals surface area contributed by atoms with Gasteiger partial charge in [-0.25, -0.2) is 4.39 Å². The average molecular weight is 505 g/mol. The molecule has 1 N–H and O–H groups in total. The van der Waals surface area contributed by atoms with E-state index >= 15 is 0 Å². The summed E-state index contributed by atoms with van der Waals surface area (Å²) in [5.41, 5.74) is 5.24. The van der Waals surface area contributed by atoms with Gasteiger partial charge in [0.05, 0.1) is 22.9 Å². The zero-order chi connectivity index (χ0) is 25.2. The van der Waals surface area contributed by atoms with E-state index in [0.29, 0.717) is 29.9 Å². The molecular weight excluding hydrogens is 483 g/mol. The molecule has 0 bridgehead atoms. The molecule has 0 saturated carbocycles. The molecule has 6 nitrogen and oxygen atoms in total. The van der Waals surface area contributed by atoms with E-state index in [4.69, 9.17) is 16.3 Å². The average Bonchev–Trinajstić information content (AvgIpc) is 3.42. The van der Waals surface area contributed by atoms with Crippen molar-refractivity contribution in [1.82, 2.24) is 9.47 Å². The highest BCUT2D eigenvalue weighted by Crippen LogP contribution is 2.30. The number of pyridine rings is 1. The first-order valence-electron chi connectivity index (χ1n) is 11.4. The van der Waals surface area contributed by atoms with E-state index in [9.17, 15) is 19.1 Å². The Morgan fingerprint density at radius 1 is 1.08 bits per heavy atom. The number of benzene rings is 2. The second kappa shape index (κ2) is 9.99. The lowest BCUT2D eigenvalue weighted by atomic mass is 10.0. The van der Waals surface area contributed by atoms with Gasteiger partial charge in [-0.3, -0.25) is 9.59 Å². The normalized spacial score (nSPS) is 14.2. The third-order valence-corrected chi connectivity index (χ3v) is 6.51. The van der Waals surface area contributed by atoms with Gasteiger partial charge in [-0.1, -0.05) is 54.1 Å². The third-order valence-electron chi connectivity index (χ3n) is 6.22. The summed E-state index contributed by atoms with van der Waals surface area (Å²) >= 11 is 5.93. The van der Waals surface area contributed by atoms with E-state index in [1.165, 1.54) is 12.1 Å². The lowest BCUT2D eigenvalue weighted by molar-refractivity contribution is 0.0675. The maximum Gasteiger partial charge on any atom is 0.274 e. The summed E-state index contributed by atoms with van der Waals surface area (Å²) in [4.78, 5) is 29.0. The number of rotatable bonds is 7. The Bertz CT molecular complexity index is 1500. The van der Waals surface area contributed by atoms with Gasteiger partial charge in [0.1, 0.15) is 12.4 Å². The monoisotopic (exact) mass is 504 g/mol. The number of hydrogen-bond acceptors (Lipinski definition) is 4. The summed E-state index contributed by atoms with van der Waals surface area (Å²) in [6.45, 7) is 0.488. The first-order chi connectivity index (χ1) is 17.5. The topological polar surface area (TPSA) is 71.8 Å². The first kappa shape index (κ1) is 23.8. The second-order valence-corrected chi connectivity index (χ2v) is 8.88. The number of carbonyl (C=O) groups is 1. The number of aliphatic hydroxyl groups excluding tert-OH is 1. The van der Waals surface area contributed by atoms with Crippen LogP contribution in [0.15, 0.2) is 77.3 Å². The number of aromatic nitrogens is 1. The summed E-state index contributed by atoms with van der Waals surface area (Å²) in [5.74, 6) is -1.04. The summed E-state index contributed by atoms with van der Waals surface area (Å²) in [7, 11) is 0. The fourth-order valence-corrected chi connectivity index (χ4v) is 4.68. The molecule has 36 heavy (non-hydrogen) atoms. The van der Waals surface area contributed by atoms with Gasteiger partial charge in [-0.15, -0.1) is 5.73 Å². The van der Waals surface area contributed by atoms with Crippen molar-refractivity contribution in [2.45, 2.75) is 26.3 Å². The fraction of sp³-hybridized carbons (Fsp3) is 0.179. The molecule has 1 amide bonds. The van der Waals surface area contributed by atoms with Crippen molar-refractivity contribution in [3.8, 4) is 5.75 Å². The number of allylic oxidation sites excluding steroid dienone is 3. The molecule has 2 aliphatic rings. The minimum Gasteiger partial charge on any atom is -0.483 e. The van der Waals surface area contributed by atoms with Crippen molar-refractivity contribution in [2.24, 2.45) is 0 Å². The predicted molar refractivity (Wildman–Crippen MR) is 134 cm³/mol. The molecule has 1 aromatic heterocycles. The van der Waals surface area contributed by atoms with Crippen LogP contribution in [0.3, 0.4) is 0 Å². The van der Waals surface area contributed by atoms with E-state index < -0.39 is 23.8 Å². The molecule has 0 fully saturated rings. The van der Waals surface area contributed by atoms with Crippen LogP contribution in [-0.4, -0.2) is 27.0 Å². The molecule has 2 heterocycles. The Kier molecular flexibility index (Phi) is 6.61. The van der Waals surface area contributed by atoms with E-state index in [-0.39, 0.29) is 35.2 Å². The quantitative estimate of drug-likeness (QED) is 0.482. The Labute approximate surface area is 211 Å². The number of carbonyl (C=O) groups excluding carboxylic acids is 1. The number of hydrogen-bond donors (Lipinski definition) is 1. The maximum absolute atomic E-state index is 13.7. The predicted octanol–water partition coefficient (Wildman–Crippen LogP) is 4.48. The second-order valence-electron chi connectivity index (χ2n) is 8.47. The van der Waals surface area contributed by atoms with Gasteiger partial charge in [0.15, 0.2) is 11.4 Å². The highest BCUT2D eigenvalue weighted by Gasteiger charge is 2.34. The number of nitrogens with zero attached hydrogens (tertiary/aromatic N) is 2. The fourth-order valence-electron chi connectivity index (χ4n) is 4.48. The van der Waals surface area contributed by atoms with Crippen molar-refractivity contribution in [2.75, 3.05) is 6.54 Å². The van der Waals surface area contributed by atoms with E-state index in [2.05, 4.69) is 5.73 Å². The van der Waals surface area contributed by atoms with Crippen LogP contribution in [0.5, 0.6) is 5.75 Å². The van der Waals surface area contributed by atoms with Gasteiger partial charge >= 0.3 is 0 Å². The molecule has 0 atom stereocenters. The van der Waals surface area contributed by atoms with Gasteiger partial charge in [0, 0.05) is 25.2 Å². The number of amides is 1. The lowest BCUT2D eigenvalue weighted by Gasteiger charge is -2.33. The zero-order valence-electron chi connectivity index (χ0n) is 19.2. The molecule has 1 aliphatic carbocycles. The van der Waals surface area contributed by atoms with Crippen molar-refractivity contribution in [1.29, 1.82) is 0 Å². The van der Waals surface area contributed by atoms with Crippen LogP contribution in [0.4, 0.5) is 4.39 Å². The maximum atomic E-state index is 13.7. The number of fused-ring (bicyclic) bond motifs is 1.